The summed E-state index contributed by atoms with van der Waals surface area (Å²) in [5, 5.41) is 2.37. The Hall–Kier alpha value is -0.820. The Balaban J connectivity index is 4.18. The van der Waals surface area contributed by atoms with Crippen LogP contribution in [0, 0.1) is 0 Å². The number of hydrogen-bond acceptors (Lipinski definition) is 4. The highest BCUT2D eigenvalue weighted by Crippen LogP contribution is 2.06. The molecule has 0 rings (SSSR count). The Morgan fingerprint density at radius 2 is 2.12 bits per heavy atom. The minimum absolute atomic E-state index is 0.0329. The van der Waals surface area contributed by atoms with Crippen LogP contribution in [0.25, 0.3) is 0 Å². The third-order valence-corrected chi connectivity index (χ3v) is 3.13. The van der Waals surface area contributed by atoms with Crippen LogP contribution in [0.1, 0.15) is 13.3 Å². The first-order valence-corrected chi connectivity index (χ1v) is 7.02. The smallest absolute Gasteiger partial charge is 0.311 e. The molecule has 5 nitrogen and oxygen atoms in total. The monoisotopic (exact) mass is 277 g/mol. The number of amides is 2. The number of carbonyl (C=O) groups excluding carboxylic acids is 2. The van der Waals surface area contributed by atoms with E-state index in [0.29, 0.717) is 0 Å². The van der Waals surface area contributed by atoms with Crippen molar-refractivity contribution in [3.63, 3.8) is 0 Å². The molecule has 0 fully saturated rings. The molecule has 1 unspecified atom stereocenters. The van der Waals surface area contributed by atoms with Gasteiger partial charge in [-0.2, -0.15) is 11.8 Å². The Bertz CT molecular complexity index is 297. The van der Waals surface area contributed by atoms with Crippen molar-refractivity contribution in [2.24, 2.45) is 5.73 Å². The topological polar surface area (TPSA) is 75.4 Å². The molecule has 2 amide bonds. The normalized spacial score (nSPS) is 11.7. The fourth-order valence-electron chi connectivity index (χ4n) is 1.09. The van der Waals surface area contributed by atoms with E-state index in [9.17, 15) is 9.59 Å². The highest BCUT2D eigenvalue weighted by Gasteiger charge is 2.22. The quantitative estimate of drug-likeness (QED) is 0.527. The lowest BCUT2D eigenvalue weighted by Gasteiger charge is -2.24. The predicted molar refractivity (Wildman–Crippen MR) is 75.0 cm³/mol. The first kappa shape index (κ1) is 16.2. The third-order valence-electron chi connectivity index (χ3n) is 2.34. The van der Waals surface area contributed by atoms with Crippen molar-refractivity contribution >= 4 is 40.8 Å². The van der Waals surface area contributed by atoms with Gasteiger partial charge in [0.05, 0.1) is 11.5 Å². The molecular weight excluding hydrogens is 258 g/mol. The van der Waals surface area contributed by atoms with Crippen molar-refractivity contribution in [3.8, 4) is 0 Å². The van der Waals surface area contributed by atoms with Gasteiger partial charge in [0.2, 0.25) is 0 Å². The molecule has 0 aliphatic rings. The third kappa shape index (κ3) is 6.48. The summed E-state index contributed by atoms with van der Waals surface area (Å²) in [7, 11) is 1.62. The molecule has 17 heavy (non-hydrogen) atoms. The van der Waals surface area contributed by atoms with Crippen LogP contribution in [0.3, 0.4) is 0 Å². The molecule has 0 aromatic rings. The van der Waals surface area contributed by atoms with Gasteiger partial charge in [0, 0.05) is 13.1 Å². The van der Waals surface area contributed by atoms with Crippen molar-refractivity contribution in [3.05, 3.63) is 0 Å². The van der Waals surface area contributed by atoms with Gasteiger partial charge < -0.3 is 16.0 Å². The van der Waals surface area contributed by atoms with Crippen molar-refractivity contribution in [2.45, 2.75) is 19.4 Å². The summed E-state index contributed by atoms with van der Waals surface area (Å²) >= 11 is 6.32. The lowest BCUT2D eigenvalue weighted by Crippen LogP contribution is -2.46. The van der Waals surface area contributed by atoms with Crippen LogP contribution >= 0.6 is 24.0 Å². The van der Waals surface area contributed by atoms with Gasteiger partial charge in [-0.05, 0) is 25.4 Å². The van der Waals surface area contributed by atoms with E-state index in [2.05, 4.69) is 17.5 Å². The fraction of sp³-hybridized carbons (Fsp3) is 0.700. The lowest BCUT2D eigenvalue weighted by atomic mass is 10.2. The molecule has 0 aliphatic heterocycles. The second-order valence-electron chi connectivity index (χ2n) is 3.70. The zero-order valence-electron chi connectivity index (χ0n) is 10.4. The number of thiocarbonyl (C=S) groups is 1. The van der Waals surface area contributed by atoms with E-state index in [-0.39, 0.29) is 17.6 Å². The van der Waals surface area contributed by atoms with Crippen molar-refractivity contribution in [1.29, 1.82) is 0 Å². The van der Waals surface area contributed by atoms with Crippen LogP contribution in [0.4, 0.5) is 0 Å². The van der Waals surface area contributed by atoms with Crippen molar-refractivity contribution in [1.82, 2.24) is 10.2 Å². The Labute approximate surface area is 111 Å². The SMILES string of the molecule is CSCCC(C)N(C)C(=O)C(=O)NCC(N)=S. The summed E-state index contributed by atoms with van der Waals surface area (Å²) in [6.45, 7) is 1.96. The van der Waals surface area contributed by atoms with E-state index in [1.54, 1.807) is 18.8 Å². The largest absolute Gasteiger partial charge is 0.392 e. The maximum absolute atomic E-state index is 11.7. The molecule has 0 aromatic heterocycles. The molecule has 0 spiro atoms. The number of carbonyl (C=O) groups is 2. The minimum Gasteiger partial charge on any atom is -0.392 e. The van der Waals surface area contributed by atoms with Gasteiger partial charge >= 0.3 is 11.8 Å². The number of nitrogens with one attached hydrogen (secondary N) is 1. The highest BCUT2D eigenvalue weighted by atomic mass is 32.2. The molecule has 3 N–H and O–H groups in total. The molecule has 0 aliphatic carbocycles. The average Bonchev–Trinajstić information content (AvgIpc) is 2.30. The zero-order valence-corrected chi connectivity index (χ0v) is 12.0. The van der Waals surface area contributed by atoms with Gasteiger partial charge in [-0.3, -0.25) is 9.59 Å². The van der Waals surface area contributed by atoms with Gasteiger partial charge in [0.25, 0.3) is 0 Å². The Morgan fingerprint density at radius 1 is 1.53 bits per heavy atom. The van der Waals surface area contributed by atoms with Crippen LogP contribution in [-0.2, 0) is 9.59 Å². The molecular formula is C10H19N3O2S2. The van der Waals surface area contributed by atoms with Gasteiger partial charge in [-0.1, -0.05) is 12.2 Å². The van der Waals surface area contributed by atoms with Crippen LogP contribution in [-0.4, -0.2) is 53.3 Å². The molecule has 0 bridgehead atoms. The highest BCUT2D eigenvalue weighted by molar-refractivity contribution is 7.98. The minimum atomic E-state index is -0.670. The molecule has 1 atom stereocenters. The number of rotatable bonds is 6. The Morgan fingerprint density at radius 3 is 2.59 bits per heavy atom. The van der Waals surface area contributed by atoms with Crippen LogP contribution in [0.2, 0.25) is 0 Å². The summed E-state index contributed by atoms with van der Waals surface area (Å²) in [6, 6.07) is 0.0329. The fourth-order valence-corrected chi connectivity index (χ4v) is 1.73. The van der Waals surface area contributed by atoms with E-state index in [4.69, 9.17) is 5.73 Å². The first-order valence-electron chi connectivity index (χ1n) is 5.22. The molecule has 0 radical (unpaired) electrons. The van der Waals surface area contributed by atoms with Crippen molar-refractivity contribution < 1.29 is 9.59 Å². The number of nitrogens with two attached hydrogens (primary N) is 1. The van der Waals surface area contributed by atoms with E-state index < -0.39 is 11.8 Å². The van der Waals surface area contributed by atoms with Crippen LogP contribution < -0.4 is 11.1 Å². The zero-order chi connectivity index (χ0) is 13.4. The van der Waals surface area contributed by atoms with Gasteiger partial charge in [0.15, 0.2) is 0 Å². The van der Waals surface area contributed by atoms with Crippen LogP contribution in [0.15, 0.2) is 0 Å². The van der Waals surface area contributed by atoms with Crippen LogP contribution in [0.5, 0.6) is 0 Å². The van der Waals surface area contributed by atoms with Gasteiger partial charge in [-0.15, -0.1) is 0 Å². The van der Waals surface area contributed by atoms with Gasteiger partial charge in [0.1, 0.15) is 0 Å². The summed E-state index contributed by atoms with van der Waals surface area (Å²) < 4.78 is 0. The van der Waals surface area contributed by atoms with E-state index in [1.165, 1.54) is 4.90 Å². The summed E-state index contributed by atoms with van der Waals surface area (Å²) in [6.07, 6.45) is 2.86. The molecule has 0 aromatic carbocycles. The van der Waals surface area contributed by atoms with Gasteiger partial charge in [-0.25, -0.2) is 0 Å². The second-order valence-corrected chi connectivity index (χ2v) is 5.21. The average molecular weight is 277 g/mol. The molecule has 0 saturated heterocycles. The standard InChI is InChI=1S/C10H19N3O2S2/c1-7(4-5-17-3)13(2)10(15)9(14)12-6-8(11)16/h7H,4-6H2,1-3H3,(H2,11,16)(H,12,14). The number of thioether (sulfide) groups is 1. The number of hydrogen-bond donors (Lipinski definition) is 2. The number of likely N-dealkylation sites (N-methyl/N-ethyl adjacent to an activating group) is 1. The molecule has 0 saturated carbocycles. The summed E-state index contributed by atoms with van der Waals surface area (Å²) in [4.78, 5) is 24.7. The van der Waals surface area contributed by atoms with E-state index >= 15 is 0 Å². The molecule has 0 heterocycles. The van der Waals surface area contributed by atoms with E-state index in [0.717, 1.165) is 12.2 Å². The first-order chi connectivity index (χ1) is 7.90. The predicted octanol–water partition coefficient (Wildman–Crippen LogP) is -0.0113. The number of nitrogens with zero attached hydrogens (tertiary/aromatic N) is 1. The summed E-state index contributed by atoms with van der Waals surface area (Å²) in [5.41, 5.74) is 5.23. The molecule has 98 valence electrons. The maximum atomic E-state index is 11.7. The van der Waals surface area contributed by atoms with Crippen molar-refractivity contribution in [2.75, 3.05) is 25.6 Å². The van der Waals surface area contributed by atoms with E-state index in [1.807, 2.05) is 13.2 Å². The maximum Gasteiger partial charge on any atom is 0.311 e. The molecule has 7 heteroatoms. The Kier molecular flexibility index (Phi) is 7.90. The second kappa shape index (κ2) is 8.30. The lowest BCUT2D eigenvalue weighted by molar-refractivity contribution is -0.146. The summed E-state index contributed by atoms with van der Waals surface area (Å²) in [5.74, 6) is -0.279.